The van der Waals surface area contributed by atoms with Crippen LogP contribution in [0.25, 0.3) is 0 Å². The average Bonchev–Trinajstić information content (AvgIpc) is 3.20. The molecule has 27 heavy (non-hydrogen) atoms. The molecule has 4 aliphatic heterocycles. The normalized spacial score (nSPS) is 32.8. The van der Waals surface area contributed by atoms with Crippen molar-refractivity contribution in [1.29, 1.82) is 0 Å². The van der Waals surface area contributed by atoms with Gasteiger partial charge in [-0.1, -0.05) is 12.1 Å². The Bertz CT molecular complexity index is 856. The summed E-state index contributed by atoms with van der Waals surface area (Å²) in [5.41, 5.74) is 2.83. The third kappa shape index (κ3) is 2.72. The van der Waals surface area contributed by atoms with E-state index in [4.69, 9.17) is 0 Å². The molecule has 4 aliphatic rings. The summed E-state index contributed by atoms with van der Waals surface area (Å²) < 4.78 is 30.4. The lowest BCUT2D eigenvalue weighted by Gasteiger charge is -2.51. The van der Waals surface area contributed by atoms with E-state index in [0.29, 0.717) is 17.5 Å². The van der Waals surface area contributed by atoms with Gasteiger partial charge in [0.1, 0.15) is 0 Å². The summed E-state index contributed by atoms with van der Waals surface area (Å²) in [6.45, 7) is 5.82. The number of benzene rings is 1. The van der Waals surface area contributed by atoms with Gasteiger partial charge in [0.05, 0.1) is 5.69 Å². The molecule has 2 bridgehead atoms. The van der Waals surface area contributed by atoms with Crippen LogP contribution >= 0.6 is 0 Å². The number of rotatable bonds is 3. The molecule has 0 unspecified atom stereocenters. The van der Waals surface area contributed by atoms with Crippen LogP contribution in [0.15, 0.2) is 24.4 Å². The monoisotopic (exact) mass is 372 g/mol. The molecule has 0 spiro atoms. The molecule has 5 heterocycles. The van der Waals surface area contributed by atoms with Crippen LogP contribution in [-0.4, -0.2) is 51.3 Å². The molecular formula is C21H26F2N4. The Hall–Kier alpha value is -1.79. The molecule has 0 radical (unpaired) electrons. The zero-order valence-corrected chi connectivity index (χ0v) is 15.9. The van der Waals surface area contributed by atoms with Crippen molar-refractivity contribution in [3.8, 4) is 0 Å². The first-order chi connectivity index (χ1) is 13.0. The highest BCUT2D eigenvalue weighted by Gasteiger charge is 2.53. The molecular weight excluding hydrogens is 346 g/mol. The Morgan fingerprint density at radius 2 is 1.93 bits per heavy atom. The first-order valence-corrected chi connectivity index (χ1v) is 9.94. The largest absolute Gasteiger partial charge is 0.298 e. The molecule has 3 atom stereocenters. The topological polar surface area (TPSA) is 24.3 Å². The minimum atomic E-state index is -0.735. The van der Waals surface area contributed by atoms with Gasteiger partial charge in [0.15, 0.2) is 11.6 Å². The van der Waals surface area contributed by atoms with E-state index in [0.717, 1.165) is 31.9 Å². The van der Waals surface area contributed by atoms with Crippen LogP contribution in [0.3, 0.4) is 0 Å². The molecule has 0 saturated carbocycles. The molecule has 144 valence electrons. The second kappa shape index (κ2) is 6.38. The van der Waals surface area contributed by atoms with Gasteiger partial charge < -0.3 is 0 Å². The fraction of sp³-hybridized carbons (Fsp3) is 0.571. The van der Waals surface area contributed by atoms with Crippen molar-refractivity contribution in [3.63, 3.8) is 0 Å². The predicted molar refractivity (Wildman–Crippen MR) is 99.3 cm³/mol. The summed E-state index contributed by atoms with van der Waals surface area (Å²) >= 11 is 0. The summed E-state index contributed by atoms with van der Waals surface area (Å²) in [7, 11) is 1.95. The molecule has 4 fully saturated rings. The average molecular weight is 372 g/mol. The van der Waals surface area contributed by atoms with Gasteiger partial charge in [0, 0.05) is 49.9 Å². The van der Waals surface area contributed by atoms with E-state index in [1.807, 2.05) is 18.7 Å². The molecule has 1 aromatic carbocycles. The first kappa shape index (κ1) is 17.3. The molecule has 6 heteroatoms. The fourth-order valence-corrected chi connectivity index (χ4v) is 5.82. The Kier molecular flexibility index (Phi) is 4.09. The number of aromatic nitrogens is 2. The van der Waals surface area contributed by atoms with Crippen molar-refractivity contribution < 1.29 is 8.78 Å². The van der Waals surface area contributed by atoms with E-state index in [1.54, 1.807) is 12.1 Å². The third-order valence-corrected chi connectivity index (χ3v) is 6.96. The highest BCUT2D eigenvalue weighted by molar-refractivity contribution is 5.30. The lowest BCUT2D eigenvalue weighted by atomic mass is 9.75. The number of fused-ring (bicyclic) bond motifs is 2. The zero-order chi connectivity index (χ0) is 18.7. The number of halogens is 2. The molecule has 0 aliphatic carbocycles. The van der Waals surface area contributed by atoms with E-state index in [1.165, 1.54) is 24.5 Å². The van der Waals surface area contributed by atoms with Gasteiger partial charge in [-0.05, 0) is 50.4 Å². The van der Waals surface area contributed by atoms with Crippen LogP contribution in [0.4, 0.5) is 8.78 Å². The number of hydrogen-bond acceptors (Lipinski definition) is 3. The lowest BCUT2D eigenvalue weighted by Crippen LogP contribution is -2.60. The Morgan fingerprint density at radius 3 is 2.63 bits per heavy atom. The second-order valence-electron chi connectivity index (χ2n) is 8.45. The smallest absolute Gasteiger partial charge is 0.162 e. The van der Waals surface area contributed by atoms with Crippen LogP contribution in [0.1, 0.15) is 35.6 Å². The van der Waals surface area contributed by atoms with E-state index in [2.05, 4.69) is 21.1 Å². The maximum atomic E-state index is 14.7. The summed E-state index contributed by atoms with van der Waals surface area (Å²) in [4.78, 5) is 5.04. The van der Waals surface area contributed by atoms with Crippen molar-refractivity contribution in [2.75, 3.05) is 19.6 Å². The van der Waals surface area contributed by atoms with Crippen molar-refractivity contribution in [2.24, 2.45) is 13.0 Å². The van der Waals surface area contributed by atoms with Gasteiger partial charge in [0.25, 0.3) is 0 Å². The van der Waals surface area contributed by atoms with Crippen molar-refractivity contribution in [1.82, 2.24) is 19.6 Å². The molecule has 0 N–H and O–H groups in total. The van der Waals surface area contributed by atoms with Gasteiger partial charge >= 0.3 is 0 Å². The van der Waals surface area contributed by atoms with E-state index in [-0.39, 0.29) is 12.0 Å². The number of piperidine rings is 3. The van der Waals surface area contributed by atoms with Crippen LogP contribution < -0.4 is 0 Å². The molecule has 4 saturated heterocycles. The van der Waals surface area contributed by atoms with Crippen LogP contribution in [0, 0.1) is 24.5 Å². The first-order valence-electron chi connectivity index (χ1n) is 9.94. The number of hydrogen-bond donors (Lipinski definition) is 0. The molecule has 6 rings (SSSR count). The summed E-state index contributed by atoms with van der Waals surface area (Å²) in [6, 6.07) is 5.34. The number of aryl methyl sites for hydroxylation is 2. The predicted octanol–water partition coefficient (Wildman–Crippen LogP) is 3.07. The van der Waals surface area contributed by atoms with Gasteiger partial charge in [-0.2, -0.15) is 5.10 Å². The van der Waals surface area contributed by atoms with Crippen molar-refractivity contribution in [2.45, 2.75) is 44.3 Å². The maximum absolute atomic E-state index is 14.7. The summed E-state index contributed by atoms with van der Waals surface area (Å²) in [5.74, 6) is -0.728. The van der Waals surface area contributed by atoms with E-state index >= 15 is 0 Å². The minimum absolute atomic E-state index is 0.0192. The van der Waals surface area contributed by atoms with E-state index in [9.17, 15) is 8.78 Å². The Balaban J connectivity index is 1.52. The third-order valence-electron chi connectivity index (χ3n) is 6.96. The molecule has 2 aromatic rings. The molecule has 0 amide bonds. The van der Waals surface area contributed by atoms with Gasteiger partial charge in [-0.15, -0.1) is 0 Å². The highest BCUT2D eigenvalue weighted by Crippen LogP contribution is 2.47. The van der Waals surface area contributed by atoms with E-state index < -0.39 is 11.6 Å². The summed E-state index contributed by atoms with van der Waals surface area (Å²) in [6.07, 6.45) is 4.51. The lowest BCUT2D eigenvalue weighted by molar-refractivity contribution is -0.00892. The van der Waals surface area contributed by atoms with Crippen LogP contribution in [-0.2, 0) is 13.6 Å². The van der Waals surface area contributed by atoms with Gasteiger partial charge in [0.2, 0.25) is 0 Å². The SMILES string of the molecule is Cc1nn(C)cc1CN1C[C@@H](c2cccc(F)c2F)[C@@H]2[C@H]1C1CCN2CC1. The standard InChI is InChI=1S/C21H26F2N4/c1-13-15(10-25(2)24-13)11-27-12-17(16-4-3-5-18(22)19(16)23)21-20(27)14-6-8-26(21)9-7-14/h3-5,10,14,17,20-21H,6-9,11-12H2,1-2H3/t17-,20+,21+/m0/s1. The van der Waals surface area contributed by atoms with Gasteiger partial charge in [-0.3, -0.25) is 14.5 Å². The Labute approximate surface area is 158 Å². The zero-order valence-electron chi connectivity index (χ0n) is 15.9. The second-order valence-corrected chi connectivity index (χ2v) is 8.45. The quantitative estimate of drug-likeness (QED) is 0.828. The van der Waals surface area contributed by atoms with Crippen molar-refractivity contribution in [3.05, 3.63) is 52.9 Å². The van der Waals surface area contributed by atoms with Crippen molar-refractivity contribution >= 4 is 0 Å². The highest BCUT2D eigenvalue weighted by atomic mass is 19.2. The molecule has 4 nitrogen and oxygen atoms in total. The fourth-order valence-electron chi connectivity index (χ4n) is 5.82. The number of likely N-dealkylation sites (tertiary alicyclic amines) is 1. The minimum Gasteiger partial charge on any atom is -0.298 e. The Morgan fingerprint density at radius 1 is 1.15 bits per heavy atom. The van der Waals surface area contributed by atoms with Gasteiger partial charge in [-0.25, -0.2) is 8.78 Å². The summed E-state index contributed by atoms with van der Waals surface area (Å²) in [5, 5.41) is 4.48. The maximum Gasteiger partial charge on any atom is 0.162 e. The number of nitrogens with zero attached hydrogens (tertiary/aromatic N) is 4. The molecule has 1 aromatic heterocycles. The van der Waals surface area contributed by atoms with Crippen LogP contribution in [0.5, 0.6) is 0 Å². The van der Waals surface area contributed by atoms with Crippen LogP contribution in [0.2, 0.25) is 0 Å².